The molecule has 3 heteroatoms. The normalized spacial score (nSPS) is 26.4. The van der Waals surface area contributed by atoms with Crippen LogP contribution in [0.15, 0.2) is 0 Å². The van der Waals surface area contributed by atoms with Crippen molar-refractivity contribution in [2.75, 3.05) is 13.2 Å². The van der Waals surface area contributed by atoms with Crippen LogP contribution in [-0.4, -0.2) is 24.9 Å². The predicted molar refractivity (Wildman–Crippen MR) is 34.6 cm³/mol. The molecule has 0 aromatic rings. The standard InChI is InChI=1S/C6H9ClO2/c1-6(3-9-4-6)5(7)2-8/h2,5H,3-4H2,1H3/t5-/m1/s1. The maximum absolute atomic E-state index is 10.2. The predicted octanol–water partition coefficient (Wildman–Crippen LogP) is 0.829. The summed E-state index contributed by atoms with van der Waals surface area (Å²) in [5.74, 6) is 0. The van der Waals surface area contributed by atoms with Gasteiger partial charge in [-0.3, -0.25) is 0 Å². The number of alkyl halides is 1. The van der Waals surface area contributed by atoms with E-state index in [0.717, 1.165) is 6.29 Å². The van der Waals surface area contributed by atoms with Crippen molar-refractivity contribution in [3.8, 4) is 0 Å². The van der Waals surface area contributed by atoms with Crippen LogP contribution in [0.3, 0.4) is 0 Å². The van der Waals surface area contributed by atoms with E-state index in [1.165, 1.54) is 0 Å². The van der Waals surface area contributed by atoms with E-state index in [0.29, 0.717) is 13.2 Å². The molecule has 0 unspecified atom stereocenters. The molecule has 1 aliphatic heterocycles. The molecule has 0 aliphatic carbocycles. The maximum Gasteiger partial charge on any atom is 0.138 e. The number of carbonyl (C=O) groups excluding carboxylic acids is 1. The van der Waals surface area contributed by atoms with E-state index in [1.54, 1.807) is 0 Å². The average molecular weight is 149 g/mol. The number of hydrogen-bond donors (Lipinski definition) is 0. The molecule has 52 valence electrons. The third-order valence-corrected chi connectivity index (χ3v) is 2.28. The van der Waals surface area contributed by atoms with Gasteiger partial charge in [0, 0.05) is 5.41 Å². The molecule has 0 bridgehead atoms. The van der Waals surface area contributed by atoms with Crippen molar-refractivity contribution in [2.24, 2.45) is 5.41 Å². The smallest absolute Gasteiger partial charge is 0.138 e. The van der Waals surface area contributed by atoms with Crippen LogP contribution in [0, 0.1) is 5.41 Å². The summed E-state index contributed by atoms with van der Waals surface area (Å²) in [7, 11) is 0. The van der Waals surface area contributed by atoms with Crippen LogP contribution in [0.5, 0.6) is 0 Å². The van der Waals surface area contributed by atoms with Crippen molar-refractivity contribution >= 4 is 17.9 Å². The summed E-state index contributed by atoms with van der Waals surface area (Å²) < 4.78 is 4.92. The quantitative estimate of drug-likeness (QED) is 0.428. The maximum atomic E-state index is 10.2. The Morgan fingerprint density at radius 1 is 1.78 bits per heavy atom. The van der Waals surface area contributed by atoms with Crippen LogP contribution in [0.2, 0.25) is 0 Å². The summed E-state index contributed by atoms with van der Waals surface area (Å²) >= 11 is 5.66. The van der Waals surface area contributed by atoms with Gasteiger partial charge in [0.05, 0.1) is 18.6 Å². The molecule has 0 amide bonds. The second-order valence-corrected chi connectivity index (χ2v) is 3.15. The van der Waals surface area contributed by atoms with Crippen LogP contribution in [0.4, 0.5) is 0 Å². The molecular formula is C6H9ClO2. The Morgan fingerprint density at radius 2 is 2.33 bits per heavy atom. The van der Waals surface area contributed by atoms with Crippen LogP contribution in [-0.2, 0) is 9.53 Å². The number of halogens is 1. The molecule has 0 aromatic heterocycles. The van der Waals surface area contributed by atoms with E-state index in [2.05, 4.69) is 0 Å². The number of ether oxygens (including phenoxy) is 1. The van der Waals surface area contributed by atoms with Gasteiger partial charge in [0.15, 0.2) is 0 Å². The summed E-state index contributed by atoms with van der Waals surface area (Å²) in [5.41, 5.74) is -0.0939. The monoisotopic (exact) mass is 148 g/mol. The highest BCUT2D eigenvalue weighted by Crippen LogP contribution is 2.32. The molecule has 1 atom stereocenters. The van der Waals surface area contributed by atoms with Crippen molar-refractivity contribution in [2.45, 2.75) is 12.3 Å². The fourth-order valence-corrected chi connectivity index (χ4v) is 0.874. The molecular weight excluding hydrogens is 140 g/mol. The van der Waals surface area contributed by atoms with Crippen LogP contribution >= 0.6 is 11.6 Å². The summed E-state index contributed by atoms with van der Waals surface area (Å²) in [4.78, 5) is 10.2. The first-order valence-corrected chi connectivity index (χ1v) is 3.30. The Morgan fingerprint density at radius 3 is 2.44 bits per heavy atom. The molecule has 0 aromatic carbocycles. The van der Waals surface area contributed by atoms with Gasteiger partial charge in [-0.2, -0.15) is 0 Å². The van der Waals surface area contributed by atoms with Crippen LogP contribution in [0.25, 0.3) is 0 Å². The number of rotatable bonds is 2. The van der Waals surface area contributed by atoms with E-state index in [4.69, 9.17) is 16.3 Å². The van der Waals surface area contributed by atoms with Gasteiger partial charge in [0.2, 0.25) is 0 Å². The molecule has 0 saturated carbocycles. The minimum absolute atomic E-state index is 0.0939. The summed E-state index contributed by atoms with van der Waals surface area (Å²) in [5, 5.41) is -0.383. The SMILES string of the molecule is CC1([C@H](Cl)C=O)COC1. The fourth-order valence-electron chi connectivity index (χ4n) is 0.748. The fraction of sp³-hybridized carbons (Fsp3) is 0.833. The van der Waals surface area contributed by atoms with Gasteiger partial charge in [0.1, 0.15) is 6.29 Å². The highest BCUT2D eigenvalue weighted by atomic mass is 35.5. The minimum Gasteiger partial charge on any atom is -0.380 e. The largest absolute Gasteiger partial charge is 0.380 e. The lowest BCUT2D eigenvalue weighted by Gasteiger charge is -2.39. The molecule has 0 spiro atoms. The Bertz CT molecular complexity index is 120. The lowest BCUT2D eigenvalue weighted by Crippen LogP contribution is -2.47. The van der Waals surface area contributed by atoms with E-state index >= 15 is 0 Å². The topological polar surface area (TPSA) is 26.3 Å². The highest BCUT2D eigenvalue weighted by molar-refractivity contribution is 6.28. The second-order valence-electron chi connectivity index (χ2n) is 2.68. The molecule has 1 saturated heterocycles. The molecule has 2 nitrogen and oxygen atoms in total. The van der Waals surface area contributed by atoms with Gasteiger partial charge in [-0.05, 0) is 0 Å². The lowest BCUT2D eigenvalue weighted by molar-refractivity contribution is -0.125. The van der Waals surface area contributed by atoms with Gasteiger partial charge in [-0.1, -0.05) is 6.92 Å². The summed E-state index contributed by atoms with van der Waals surface area (Å²) in [6.45, 7) is 3.17. The van der Waals surface area contributed by atoms with E-state index in [1.807, 2.05) is 6.92 Å². The van der Waals surface area contributed by atoms with Crippen molar-refractivity contribution in [1.82, 2.24) is 0 Å². The minimum atomic E-state index is -0.383. The van der Waals surface area contributed by atoms with Gasteiger partial charge in [-0.15, -0.1) is 11.6 Å². The van der Waals surface area contributed by atoms with E-state index in [-0.39, 0.29) is 10.8 Å². The summed E-state index contributed by atoms with van der Waals surface area (Å²) in [6, 6.07) is 0. The third kappa shape index (κ3) is 1.10. The Kier molecular flexibility index (Phi) is 1.78. The van der Waals surface area contributed by atoms with Gasteiger partial charge >= 0.3 is 0 Å². The van der Waals surface area contributed by atoms with Crippen molar-refractivity contribution in [3.63, 3.8) is 0 Å². The lowest BCUT2D eigenvalue weighted by atomic mass is 9.85. The zero-order valence-electron chi connectivity index (χ0n) is 5.26. The zero-order valence-corrected chi connectivity index (χ0v) is 6.02. The van der Waals surface area contributed by atoms with E-state index in [9.17, 15) is 4.79 Å². The van der Waals surface area contributed by atoms with Crippen molar-refractivity contribution in [1.29, 1.82) is 0 Å². The van der Waals surface area contributed by atoms with Crippen LogP contribution < -0.4 is 0 Å². The first-order chi connectivity index (χ1) is 4.19. The Hall–Kier alpha value is -0.0800. The van der Waals surface area contributed by atoms with Crippen molar-refractivity contribution < 1.29 is 9.53 Å². The van der Waals surface area contributed by atoms with Gasteiger partial charge < -0.3 is 9.53 Å². The number of carbonyl (C=O) groups is 1. The molecule has 0 radical (unpaired) electrons. The van der Waals surface area contributed by atoms with E-state index < -0.39 is 0 Å². The molecule has 1 heterocycles. The van der Waals surface area contributed by atoms with Crippen LogP contribution in [0.1, 0.15) is 6.92 Å². The number of hydrogen-bond acceptors (Lipinski definition) is 2. The third-order valence-electron chi connectivity index (χ3n) is 1.65. The number of aldehydes is 1. The van der Waals surface area contributed by atoms with Gasteiger partial charge in [-0.25, -0.2) is 0 Å². The molecule has 0 N–H and O–H groups in total. The Balaban J connectivity index is 2.48. The molecule has 1 aliphatic rings. The molecule has 9 heavy (non-hydrogen) atoms. The highest BCUT2D eigenvalue weighted by Gasteiger charge is 2.40. The molecule has 1 fully saturated rings. The van der Waals surface area contributed by atoms with Gasteiger partial charge in [0.25, 0.3) is 0 Å². The zero-order chi connectivity index (χ0) is 6.91. The van der Waals surface area contributed by atoms with Crippen molar-refractivity contribution in [3.05, 3.63) is 0 Å². The summed E-state index contributed by atoms with van der Waals surface area (Å²) in [6.07, 6.45) is 0.768. The Labute approximate surface area is 59.1 Å². The average Bonchev–Trinajstić information content (AvgIpc) is 1.81. The second kappa shape index (κ2) is 2.27. The molecule has 1 rings (SSSR count). The first-order valence-electron chi connectivity index (χ1n) is 2.86. The first kappa shape index (κ1) is 7.03.